The van der Waals surface area contributed by atoms with Crippen molar-refractivity contribution >= 4 is 17.5 Å². The third kappa shape index (κ3) is 2.61. The summed E-state index contributed by atoms with van der Waals surface area (Å²) in [5.74, 6) is -0.898. The molecule has 0 spiro atoms. The fraction of sp³-hybridized carbons (Fsp3) is 0.385. The van der Waals surface area contributed by atoms with Crippen LogP contribution in [0.3, 0.4) is 0 Å². The number of para-hydroxylation sites is 1. The minimum atomic E-state index is -0.529. The largest absolute Gasteiger partial charge is 0.382 e. The number of fused-ring (bicyclic) bond motifs is 1. The van der Waals surface area contributed by atoms with Gasteiger partial charge < -0.3 is 16.4 Å². The molecule has 5 nitrogen and oxygen atoms in total. The van der Waals surface area contributed by atoms with E-state index in [1.54, 1.807) is 0 Å². The maximum atomic E-state index is 12.1. The Morgan fingerprint density at radius 2 is 2.17 bits per heavy atom. The Bertz CT molecular complexity index is 473. The first-order valence-corrected chi connectivity index (χ1v) is 5.99. The molecule has 1 heterocycles. The minimum Gasteiger partial charge on any atom is -0.382 e. The van der Waals surface area contributed by atoms with Crippen LogP contribution in [0, 0.1) is 0 Å². The summed E-state index contributed by atoms with van der Waals surface area (Å²) in [5.41, 5.74) is 6.98. The van der Waals surface area contributed by atoms with Crippen LogP contribution in [0.2, 0.25) is 0 Å². The van der Waals surface area contributed by atoms with Crippen LogP contribution < -0.4 is 16.4 Å². The smallest absolute Gasteiger partial charge is 0.236 e. The SMILES string of the molecule is CC1CC(C(=O)NCC(N)=O)c2ccccc2N1. The molecule has 96 valence electrons. The van der Waals surface area contributed by atoms with Crippen molar-refractivity contribution in [2.24, 2.45) is 5.73 Å². The molecule has 18 heavy (non-hydrogen) atoms. The van der Waals surface area contributed by atoms with Crippen LogP contribution in [-0.2, 0) is 9.59 Å². The molecule has 0 aliphatic carbocycles. The molecule has 1 aromatic carbocycles. The van der Waals surface area contributed by atoms with Crippen molar-refractivity contribution in [3.8, 4) is 0 Å². The molecule has 2 atom stereocenters. The van der Waals surface area contributed by atoms with Gasteiger partial charge in [0.2, 0.25) is 11.8 Å². The van der Waals surface area contributed by atoms with Crippen molar-refractivity contribution in [2.75, 3.05) is 11.9 Å². The molecular formula is C13H17N3O2. The molecular weight excluding hydrogens is 230 g/mol. The summed E-state index contributed by atoms with van der Waals surface area (Å²) in [6, 6.07) is 7.96. The molecule has 0 saturated heterocycles. The van der Waals surface area contributed by atoms with Gasteiger partial charge in [-0.15, -0.1) is 0 Å². The Morgan fingerprint density at radius 3 is 2.89 bits per heavy atom. The van der Waals surface area contributed by atoms with Gasteiger partial charge in [0.1, 0.15) is 0 Å². The number of nitrogens with one attached hydrogen (secondary N) is 2. The minimum absolute atomic E-state index is 0.112. The molecule has 0 bridgehead atoms. The van der Waals surface area contributed by atoms with Gasteiger partial charge in [0.05, 0.1) is 12.5 Å². The zero-order valence-corrected chi connectivity index (χ0v) is 10.3. The predicted octanol–water partition coefficient (Wildman–Crippen LogP) is 0.576. The van der Waals surface area contributed by atoms with E-state index in [0.717, 1.165) is 11.3 Å². The molecule has 2 unspecified atom stereocenters. The van der Waals surface area contributed by atoms with Crippen molar-refractivity contribution < 1.29 is 9.59 Å². The van der Waals surface area contributed by atoms with Gasteiger partial charge >= 0.3 is 0 Å². The highest BCUT2D eigenvalue weighted by atomic mass is 16.2. The Morgan fingerprint density at radius 1 is 1.44 bits per heavy atom. The molecule has 0 radical (unpaired) electrons. The van der Waals surface area contributed by atoms with E-state index in [-0.39, 0.29) is 24.4 Å². The summed E-state index contributed by atoms with van der Waals surface area (Å²) >= 11 is 0. The maximum Gasteiger partial charge on any atom is 0.236 e. The van der Waals surface area contributed by atoms with Crippen LogP contribution >= 0.6 is 0 Å². The lowest BCUT2D eigenvalue weighted by Gasteiger charge is -2.30. The number of anilines is 1. The molecule has 1 aliphatic heterocycles. The average Bonchev–Trinajstić information content (AvgIpc) is 2.34. The number of carbonyl (C=O) groups excluding carboxylic acids is 2. The summed E-state index contributed by atoms with van der Waals surface area (Å²) in [5, 5.41) is 5.91. The van der Waals surface area contributed by atoms with Gasteiger partial charge in [0, 0.05) is 11.7 Å². The molecule has 0 aromatic heterocycles. The van der Waals surface area contributed by atoms with Gasteiger partial charge in [-0.05, 0) is 25.0 Å². The predicted molar refractivity (Wildman–Crippen MR) is 69.1 cm³/mol. The number of amides is 2. The number of primary amides is 1. The van der Waals surface area contributed by atoms with Crippen molar-refractivity contribution in [1.29, 1.82) is 0 Å². The van der Waals surface area contributed by atoms with Crippen molar-refractivity contribution in [1.82, 2.24) is 5.32 Å². The van der Waals surface area contributed by atoms with E-state index in [9.17, 15) is 9.59 Å². The van der Waals surface area contributed by atoms with Crippen LogP contribution in [-0.4, -0.2) is 24.4 Å². The lowest BCUT2D eigenvalue weighted by Crippen LogP contribution is -2.39. The topological polar surface area (TPSA) is 84.2 Å². The lowest BCUT2D eigenvalue weighted by molar-refractivity contribution is -0.126. The van der Waals surface area contributed by atoms with E-state index >= 15 is 0 Å². The molecule has 0 saturated carbocycles. The molecule has 2 amide bonds. The van der Waals surface area contributed by atoms with Crippen molar-refractivity contribution in [3.63, 3.8) is 0 Å². The summed E-state index contributed by atoms with van der Waals surface area (Å²) in [4.78, 5) is 22.8. The van der Waals surface area contributed by atoms with Gasteiger partial charge in [-0.2, -0.15) is 0 Å². The highest BCUT2D eigenvalue weighted by Gasteiger charge is 2.29. The number of rotatable bonds is 3. The normalized spacial score (nSPS) is 21.6. The number of benzene rings is 1. The summed E-state index contributed by atoms with van der Waals surface area (Å²) in [7, 11) is 0. The third-order valence-corrected chi connectivity index (χ3v) is 3.08. The zero-order chi connectivity index (χ0) is 13.1. The van der Waals surface area contributed by atoms with Gasteiger partial charge in [-0.1, -0.05) is 18.2 Å². The second kappa shape index (κ2) is 5.08. The first-order valence-electron chi connectivity index (χ1n) is 5.99. The monoisotopic (exact) mass is 247 g/mol. The van der Waals surface area contributed by atoms with Crippen molar-refractivity contribution in [3.05, 3.63) is 29.8 Å². The van der Waals surface area contributed by atoms with Crippen molar-refractivity contribution in [2.45, 2.75) is 25.3 Å². The van der Waals surface area contributed by atoms with Crippen LogP contribution in [0.15, 0.2) is 24.3 Å². The van der Waals surface area contributed by atoms with Gasteiger partial charge in [0.25, 0.3) is 0 Å². The standard InChI is InChI=1S/C13H17N3O2/c1-8-6-10(13(18)15-7-12(14)17)9-4-2-3-5-11(9)16-8/h2-5,8,10,16H,6-7H2,1H3,(H2,14,17)(H,15,18). The molecule has 4 N–H and O–H groups in total. The Hall–Kier alpha value is -2.04. The van der Waals surface area contributed by atoms with Gasteiger partial charge in [-0.25, -0.2) is 0 Å². The second-order valence-electron chi connectivity index (χ2n) is 4.61. The van der Waals surface area contributed by atoms with E-state index < -0.39 is 5.91 Å². The molecule has 1 aromatic rings. The Kier molecular flexibility index (Phi) is 3.50. The number of hydrogen-bond donors (Lipinski definition) is 3. The third-order valence-electron chi connectivity index (χ3n) is 3.08. The van der Waals surface area contributed by atoms with Crippen LogP contribution in [0.5, 0.6) is 0 Å². The molecule has 0 fully saturated rings. The number of nitrogens with two attached hydrogens (primary N) is 1. The fourth-order valence-corrected chi connectivity index (χ4v) is 2.28. The van der Waals surface area contributed by atoms with Crippen LogP contribution in [0.25, 0.3) is 0 Å². The fourth-order valence-electron chi connectivity index (χ4n) is 2.28. The molecule has 5 heteroatoms. The van der Waals surface area contributed by atoms with E-state index in [0.29, 0.717) is 6.42 Å². The Labute approximate surface area is 106 Å². The highest BCUT2D eigenvalue weighted by molar-refractivity contribution is 5.89. The summed E-state index contributed by atoms with van der Waals surface area (Å²) in [6.07, 6.45) is 0.710. The number of hydrogen-bond acceptors (Lipinski definition) is 3. The second-order valence-corrected chi connectivity index (χ2v) is 4.61. The molecule has 2 rings (SSSR count). The quantitative estimate of drug-likeness (QED) is 0.730. The average molecular weight is 247 g/mol. The van der Waals surface area contributed by atoms with E-state index in [1.807, 2.05) is 31.2 Å². The summed E-state index contributed by atoms with van der Waals surface area (Å²) in [6.45, 7) is 1.92. The van der Waals surface area contributed by atoms with Crippen LogP contribution in [0.1, 0.15) is 24.8 Å². The lowest BCUT2D eigenvalue weighted by atomic mass is 9.87. The Balaban J connectivity index is 2.18. The van der Waals surface area contributed by atoms with E-state index in [4.69, 9.17) is 5.73 Å². The first-order chi connectivity index (χ1) is 8.58. The van der Waals surface area contributed by atoms with E-state index in [2.05, 4.69) is 10.6 Å². The van der Waals surface area contributed by atoms with Gasteiger partial charge in [0.15, 0.2) is 0 Å². The molecule has 1 aliphatic rings. The van der Waals surface area contributed by atoms with Crippen LogP contribution in [0.4, 0.5) is 5.69 Å². The maximum absolute atomic E-state index is 12.1. The summed E-state index contributed by atoms with van der Waals surface area (Å²) < 4.78 is 0. The number of carbonyl (C=O) groups is 2. The van der Waals surface area contributed by atoms with Gasteiger partial charge in [-0.3, -0.25) is 9.59 Å². The zero-order valence-electron chi connectivity index (χ0n) is 10.3. The van der Waals surface area contributed by atoms with E-state index in [1.165, 1.54) is 0 Å². The highest BCUT2D eigenvalue weighted by Crippen LogP contribution is 2.33. The first kappa shape index (κ1) is 12.4.